The normalized spacial score (nSPS) is 36.0. The third-order valence-corrected chi connectivity index (χ3v) is 11.0. The predicted molar refractivity (Wildman–Crippen MR) is 110 cm³/mol. The van der Waals surface area contributed by atoms with E-state index in [4.69, 9.17) is 11.6 Å². The van der Waals surface area contributed by atoms with Crippen LogP contribution < -0.4 is 5.32 Å². The summed E-state index contributed by atoms with van der Waals surface area (Å²) < 4.78 is 27.8. The third-order valence-electron chi connectivity index (χ3n) is 7.39. The van der Waals surface area contributed by atoms with Crippen molar-refractivity contribution in [2.45, 2.75) is 61.1 Å². The van der Waals surface area contributed by atoms with Crippen LogP contribution in [0, 0.1) is 23.7 Å². The van der Waals surface area contributed by atoms with Gasteiger partial charge in [-0.1, -0.05) is 11.6 Å². The highest BCUT2D eigenvalue weighted by Gasteiger charge is 2.52. The van der Waals surface area contributed by atoms with Crippen LogP contribution in [0.5, 0.6) is 0 Å². The van der Waals surface area contributed by atoms with Gasteiger partial charge in [-0.15, -0.1) is 11.3 Å². The number of carbonyl (C=O) groups is 1. The second-order valence-electron chi connectivity index (χ2n) is 9.42. The molecule has 0 spiro atoms. The summed E-state index contributed by atoms with van der Waals surface area (Å²) in [6.45, 7) is 0.799. The molecule has 1 aromatic heterocycles. The molecule has 1 saturated heterocycles. The maximum Gasteiger partial charge on any atom is 0.252 e. The van der Waals surface area contributed by atoms with Crippen LogP contribution in [-0.2, 0) is 14.8 Å². The van der Waals surface area contributed by atoms with Crippen LogP contribution in [0.2, 0.25) is 4.34 Å². The summed E-state index contributed by atoms with van der Waals surface area (Å²) in [5.41, 5.74) is 0.0305. The van der Waals surface area contributed by atoms with E-state index in [0.29, 0.717) is 30.3 Å². The van der Waals surface area contributed by atoms with Gasteiger partial charge < -0.3 is 5.32 Å². The Morgan fingerprint density at radius 3 is 2.14 bits per heavy atom. The van der Waals surface area contributed by atoms with E-state index >= 15 is 0 Å². The summed E-state index contributed by atoms with van der Waals surface area (Å²) in [4.78, 5) is 13.0. The fourth-order valence-corrected chi connectivity index (χ4v) is 9.66. The van der Waals surface area contributed by atoms with E-state index < -0.39 is 10.0 Å². The molecule has 154 valence electrons. The van der Waals surface area contributed by atoms with Gasteiger partial charge in [0.05, 0.1) is 4.34 Å². The Bertz CT molecular complexity index is 838. The van der Waals surface area contributed by atoms with Crippen molar-refractivity contribution in [2.24, 2.45) is 23.7 Å². The average Bonchev–Trinajstić information content (AvgIpc) is 3.07. The second-order valence-corrected chi connectivity index (χ2v) is 13.3. The molecule has 1 aromatic rings. The van der Waals surface area contributed by atoms with Crippen LogP contribution >= 0.6 is 22.9 Å². The Balaban J connectivity index is 1.21. The van der Waals surface area contributed by atoms with Gasteiger partial charge in [0.25, 0.3) is 10.0 Å². The lowest BCUT2D eigenvalue weighted by molar-refractivity contribution is -0.132. The molecule has 0 unspecified atom stereocenters. The lowest BCUT2D eigenvalue weighted by atomic mass is 9.53. The first kappa shape index (κ1) is 19.3. The quantitative estimate of drug-likeness (QED) is 0.769. The van der Waals surface area contributed by atoms with Gasteiger partial charge in [0.2, 0.25) is 5.91 Å². The number of carbonyl (C=O) groups excluding carboxylic acids is 1. The Kier molecular flexibility index (Phi) is 4.81. The molecule has 0 radical (unpaired) electrons. The molecule has 0 aromatic carbocycles. The number of thiophene rings is 1. The van der Waals surface area contributed by atoms with Crippen LogP contribution in [0.3, 0.4) is 0 Å². The summed E-state index contributed by atoms with van der Waals surface area (Å²) in [5, 5.41) is 3.46. The first-order valence-corrected chi connectivity index (χ1v) is 13.0. The number of halogens is 1. The van der Waals surface area contributed by atoms with Crippen molar-refractivity contribution in [3.8, 4) is 0 Å². The smallest absolute Gasteiger partial charge is 0.252 e. The van der Waals surface area contributed by atoms with Crippen LogP contribution in [0.4, 0.5) is 0 Å². The fraction of sp³-hybridized carbons (Fsp3) is 0.750. The number of hydrogen-bond donors (Lipinski definition) is 1. The van der Waals surface area contributed by atoms with Gasteiger partial charge in [-0.2, -0.15) is 4.31 Å². The topological polar surface area (TPSA) is 66.5 Å². The first-order chi connectivity index (χ1) is 13.3. The highest BCUT2D eigenvalue weighted by atomic mass is 35.5. The summed E-state index contributed by atoms with van der Waals surface area (Å²) in [5.74, 6) is 2.48. The van der Waals surface area contributed by atoms with E-state index in [1.807, 2.05) is 0 Å². The highest BCUT2D eigenvalue weighted by molar-refractivity contribution is 7.91. The zero-order chi connectivity index (χ0) is 19.5. The molecular weight excluding hydrogens is 416 g/mol. The average molecular weight is 443 g/mol. The van der Waals surface area contributed by atoms with Crippen molar-refractivity contribution in [1.29, 1.82) is 0 Å². The highest BCUT2D eigenvalue weighted by Crippen LogP contribution is 2.55. The van der Waals surface area contributed by atoms with Gasteiger partial charge in [-0.05, 0) is 81.3 Å². The molecule has 1 N–H and O–H groups in total. The molecule has 4 saturated carbocycles. The summed E-state index contributed by atoms with van der Waals surface area (Å²) in [6.07, 6.45) is 8.71. The Hall–Kier alpha value is -0.630. The van der Waals surface area contributed by atoms with E-state index in [1.165, 1.54) is 23.6 Å². The number of nitrogens with one attached hydrogen (secondary N) is 1. The van der Waals surface area contributed by atoms with Crippen molar-refractivity contribution in [3.05, 3.63) is 16.5 Å². The van der Waals surface area contributed by atoms with Gasteiger partial charge in [-0.25, -0.2) is 8.42 Å². The number of piperidine rings is 1. The first-order valence-electron chi connectivity index (χ1n) is 10.4. The molecule has 8 heteroatoms. The molecule has 5 fully saturated rings. The van der Waals surface area contributed by atoms with E-state index in [1.54, 1.807) is 12.1 Å². The van der Waals surface area contributed by atoms with E-state index in [0.717, 1.165) is 48.4 Å². The largest absolute Gasteiger partial charge is 0.350 e. The number of sulfonamides is 1. The lowest BCUT2D eigenvalue weighted by Crippen LogP contribution is -2.61. The third kappa shape index (κ3) is 3.42. The molecular formula is C20H27ClN2O3S2. The van der Waals surface area contributed by atoms with Crippen molar-refractivity contribution >= 4 is 38.9 Å². The molecule has 4 aliphatic carbocycles. The van der Waals surface area contributed by atoms with Gasteiger partial charge in [0, 0.05) is 24.5 Å². The fourth-order valence-electron chi connectivity index (χ4n) is 6.55. The molecule has 1 aliphatic heterocycles. The summed E-state index contributed by atoms with van der Waals surface area (Å²) in [6, 6.07) is 3.18. The zero-order valence-corrected chi connectivity index (χ0v) is 18.3. The maximum atomic E-state index is 13.0. The van der Waals surface area contributed by atoms with Crippen molar-refractivity contribution < 1.29 is 13.2 Å². The number of nitrogens with zero attached hydrogens (tertiary/aromatic N) is 1. The van der Waals surface area contributed by atoms with E-state index in [2.05, 4.69) is 5.32 Å². The van der Waals surface area contributed by atoms with Crippen LogP contribution in [0.1, 0.15) is 51.4 Å². The standard InChI is InChI=1S/C20H27ClN2O3S2/c21-17-1-2-18(27-17)28(25,26)23-5-3-16(4-6-23)19(24)22-20-10-13-7-14(11-20)9-15(8-13)12-20/h1-2,13-16H,3-12H2,(H,22,24). The molecule has 4 bridgehead atoms. The minimum absolute atomic E-state index is 0.0305. The van der Waals surface area contributed by atoms with Crippen LogP contribution in [0.25, 0.3) is 0 Å². The number of hydrogen-bond acceptors (Lipinski definition) is 4. The second kappa shape index (κ2) is 6.96. The molecule has 2 heterocycles. The number of amides is 1. The molecule has 28 heavy (non-hydrogen) atoms. The van der Waals surface area contributed by atoms with Gasteiger partial charge in [0.1, 0.15) is 4.21 Å². The van der Waals surface area contributed by atoms with Gasteiger partial charge in [-0.3, -0.25) is 4.79 Å². The summed E-state index contributed by atoms with van der Waals surface area (Å²) >= 11 is 6.99. The molecule has 0 atom stereocenters. The summed E-state index contributed by atoms with van der Waals surface area (Å²) in [7, 11) is -3.50. The van der Waals surface area contributed by atoms with Crippen molar-refractivity contribution in [3.63, 3.8) is 0 Å². The van der Waals surface area contributed by atoms with Gasteiger partial charge in [0.15, 0.2) is 0 Å². The molecule has 1 amide bonds. The van der Waals surface area contributed by atoms with Crippen molar-refractivity contribution in [1.82, 2.24) is 9.62 Å². The minimum Gasteiger partial charge on any atom is -0.350 e. The minimum atomic E-state index is -3.50. The van der Waals surface area contributed by atoms with Crippen molar-refractivity contribution in [2.75, 3.05) is 13.1 Å². The Labute approximate surface area is 175 Å². The van der Waals surface area contributed by atoms with E-state index in [-0.39, 0.29) is 21.6 Å². The monoisotopic (exact) mass is 442 g/mol. The number of rotatable bonds is 4. The predicted octanol–water partition coefficient (Wildman–Crippen LogP) is 3.89. The molecule has 6 rings (SSSR count). The Morgan fingerprint density at radius 1 is 1.07 bits per heavy atom. The van der Waals surface area contributed by atoms with E-state index in [9.17, 15) is 13.2 Å². The lowest BCUT2D eigenvalue weighted by Gasteiger charge is -2.57. The molecule has 5 nitrogen and oxygen atoms in total. The van der Waals surface area contributed by atoms with Crippen LogP contribution in [0.15, 0.2) is 16.3 Å². The maximum absolute atomic E-state index is 13.0. The van der Waals surface area contributed by atoms with Gasteiger partial charge >= 0.3 is 0 Å². The molecule has 5 aliphatic rings. The zero-order valence-electron chi connectivity index (χ0n) is 15.9. The van der Waals surface area contributed by atoms with Crippen LogP contribution in [-0.4, -0.2) is 37.3 Å². The Morgan fingerprint density at radius 2 is 1.64 bits per heavy atom. The SMILES string of the molecule is O=C(NC12CC3CC(CC(C3)C1)C2)C1CCN(S(=O)(=O)c2ccc(Cl)s2)CC1.